The number of rotatable bonds is 3. The second-order valence-corrected chi connectivity index (χ2v) is 4.81. The van der Waals surface area contributed by atoms with Gasteiger partial charge in [-0.25, -0.2) is 4.98 Å². The van der Waals surface area contributed by atoms with Crippen LogP contribution in [0.3, 0.4) is 0 Å². The summed E-state index contributed by atoms with van der Waals surface area (Å²) in [5.74, 6) is 0. The molecule has 4 nitrogen and oxygen atoms in total. The van der Waals surface area contributed by atoms with Crippen LogP contribution in [0.2, 0.25) is 0 Å². The van der Waals surface area contributed by atoms with Crippen LogP contribution in [0.5, 0.6) is 0 Å². The topological polar surface area (TPSA) is 56.0 Å². The molecule has 0 saturated carbocycles. The van der Waals surface area contributed by atoms with Crippen molar-refractivity contribution >= 4 is 28.8 Å². The molecule has 0 bridgehead atoms. The van der Waals surface area contributed by atoms with E-state index in [-0.39, 0.29) is 10.6 Å². The molecule has 2 aromatic rings. The molecule has 0 unspecified atom stereocenters. The van der Waals surface area contributed by atoms with E-state index in [1.807, 2.05) is 5.38 Å². The van der Waals surface area contributed by atoms with Crippen molar-refractivity contribution < 1.29 is 4.92 Å². The average molecular weight is 238 g/mol. The van der Waals surface area contributed by atoms with Gasteiger partial charge in [0, 0.05) is 17.6 Å². The van der Waals surface area contributed by atoms with E-state index in [2.05, 4.69) is 4.98 Å². The molecule has 0 N–H and O–H groups in total. The number of nitro benzene ring substituents is 1. The quantitative estimate of drug-likeness (QED) is 0.608. The summed E-state index contributed by atoms with van der Waals surface area (Å²) in [6, 6.07) is 6.66. The molecule has 0 saturated heterocycles. The van der Waals surface area contributed by atoms with Crippen LogP contribution < -0.4 is 0 Å². The highest BCUT2D eigenvalue weighted by Gasteiger charge is 2.13. The highest BCUT2D eigenvalue weighted by molar-refractivity contribution is 8.01. The van der Waals surface area contributed by atoms with Crippen LogP contribution in [0.4, 0.5) is 5.69 Å². The SMILES string of the molecule is O=[N+]([O-])c1ccccc1Sc1nccs1. The van der Waals surface area contributed by atoms with Crippen molar-refractivity contribution in [3.63, 3.8) is 0 Å². The predicted octanol–water partition coefficient (Wildman–Crippen LogP) is 3.20. The minimum Gasteiger partial charge on any atom is -0.258 e. The van der Waals surface area contributed by atoms with Crippen LogP contribution in [-0.2, 0) is 0 Å². The molecule has 2 rings (SSSR count). The summed E-state index contributed by atoms with van der Waals surface area (Å²) < 4.78 is 0.810. The van der Waals surface area contributed by atoms with Gasteiger partial charge in [-0.2, -0.15) is 0 Å². The maximum Gasteiger partial charge on any atom is 0.283 e. The minimum absolute atomic E-state index is 0.123. The molecule has 1 aromatic heterocycles. The van der Waals surface area contributed by atoms with Gasteiger partial charge in [0.25, 0.3) is 5.69 Å². The fraction of sp³-hybridized carbons (Fsp3) is 0. The second-order valence-electron chi connectivity index (χ2n) is 2.62. The number of benzene rings is 1. The maximum atomic E-state index is 10.7. The predicted molar refractivity (Wildman–Crippen MR) is 59.3 cm³/mol. The fourth-order valence-electron chi connectivity index (χ4n) is 1.05. The van der Waals surface area contributed by atoms with Gasteiger partial charge in [0.2, 0.25) is 0 Å². The number of hydrogen-bond donors (Lipinski definition) is 0. The van der Waals surface area contributed by atoms with E-state index in [0.717, 1.165) is 4.34 Å². The monoisotopic (exact) mass is 238 g/mol. The third-order valence-corrected chi connectivity index (χ3v) is 3.62. The molecular weight excluding hydrogens is 232 g/mol. The first-order valence-electron chi connectivity index (χ1n) is 4.08. The molecular formula is C9H6N2O2S2. The normalized spacial score (nSPS) is 10.1. The van der Waals surface area contributed by atoms with E-state index in [9.17, 15) is 10.1 Å². The lowest BCUT2D eigenvalue weighted by atomic mass is 10.3. The second kappa shape index (κ2) is 4.41. The van der Waals surface area contributed by atoms with Crippen LogP contribution in [0.1, 0.15) is 0 Å². The molecule has 0 amide bonds. The molecule has 15 heavy (non-hydrogen) atoms. The maximum absolute atomic E-state index is 10.7. The summed E-state index contributed by atoms with van der Waals surface area (Å²) in [7, 11) is 0. The van der Waals surface area contributed by atoms with E-state index in [4.69, 9.17) is 0 Å². The Morgan fingerprint density at radius 2 is 2.20 bits per heavy atom. The zero-order chi connectivity index (χ0) is 10.7. The standard InChI is InChI=1S/C9H6N2O2S2/c12-11(13)7-3-1-2-4-8(7)15-9-10-5-6-14-9/h1-6H. The Kier molecular flexibility index (Phi) is 2.98. The van der Waals surface area contributed by atoms with Crippen LogP contribution in [0.25, 0.3) is 0 Å². The molecule has 0 aliphatic heterocycles. The molecule has 0 fully saturated rings. The van der Waals surface area contributed by atoms with Crippen molar-refractivity contribution in [3.05, 3.63) is 46.0 Å². The Bertz CT molecular complexity index is 471. The molecule has 0 atom stereocenters. The van der Waals surface area contributed by atoms with E-state index in [0.29, 0.717) is 4.90 Å². The molecule has 0 radical (unpaired) electrons. The summed E-state index contributed by atoms with van der Waals surface area (Å²) in [5, 5.41) is 12.6. The van der Waals surface area contributed by atoms with Crippen molar-refractivity contribution in [1.29, 1.82) is 0 Å². The first kappa shape index (κ1) is 10.1. The lowest BCUT2D eigenvalue weighted by Gasteiger charge is -1.98. The van der Waals surface area contributed by atoms with E-state index in [1.165, 1.54) is 29.2 Å². The van der Waals surface area contributed by atoms with Gasteiger partial charge in [0.1, 0.15) is 0 Å². The third-order valence-electron chi connectivity index (χ3n) is 1.67. The van der Waals surface area contributed by atoms with Crippen LogP contribution in [-0.4, -0.2) is 9.91 Å². The molecule has 1 aromatic carbocycles. The highest BCUT2D eigenvalue weighted by Crippen LogP contribution is 2.35. The fourth-order valence-corrected chi connectivity index (χ4v) is 2.73. The Labute approximate surface area is 94.1 Å². The van der Waals surface area contributed by atoms with Gasteiger partial charge in [-0.05, 0) is 6.07 Å². The average Bonchev–Trinajstić information content (AvgIpc) is 2.71. The zero-order valence-corrected chi connectivity index (χ0v) is 9.12. The van der Waals surface area contributed by atoms with Gasteiger partial charge in [0.05, 0.1) is 9.82 Å². The van der Waals surface area contributed by atoms with Crippen molar-refractivity contribution in [1.82, 2.24) is 4.98 Å². The van der Waals surface area contributed by atoms with Gasteiger partial charge in [-0.1, -0.05) is 23.9 Å². The molecule has 76 valence electrons. The summed E-state index contributed by atoms with van der Waals surface area (Å²) >= 11 is 2.78. The van der Waals surface area contributed by atoms with Crippen molar-refractivity contribution in [2.75, 3.05) is 0 Å². The smallest absolute Gasteiger partial charge is 0.258 e. The Hall–Kier alpha value is -1.40. The number of thiazole rings is 1. The lowest BCUT2D eigenvalue weighted by Crippen LogP contribution is -1.89. The lowest BCUT2D eigenvalue weighted by molar-refractivity contribution is -0.387. The number of nitrogens with zero attached hydrogens (tertiary/aromatic N) is 2. The molecule has 0 aliphatic carbocycles. The first-order valence-corrected chi connectivity index (χ1v) is 5.78. The number of aromatic nitrogens is 1. The van der Waals surface area contributed by atoms with E-state index in [1.54, 1.807) is 24.4 Å². The van der Waals surface area contributed by atoms with Crippen molar-refractivity contribution in [3.8, 4) is 0 Å². The largest absolute Gasteiger partial charge is 0.283 e. The van der Waals surface area contributed by atoms with Crippen molar-refractivity contribution in [2.45, 2.75) is 9.24 Å². The number of para-hydroxylation sites is 1. The Balaban J connectivity index is 2.32. The highest BCUT2D eigenvalue weighted by atomic mass is 32.2. The van der Waals surface area contributed by atoms with Crippen LogP contribution in [0.15, 0.2) is 45.1 Å². The number of nitro groups is 1. The van der Waals surface area contributed by atoms with Crippen LogP contribution in [0, 0.1) is 10.1 Å². The van der Waals surface area contributed by atoms with Gasteiger partial charge in [0.15, 0.2) is 4.34 Å². The molecule has 1 heterocycles. The van der Waals surface area contributed by atoms with Gasteiger partial charge < -0.3 is 0 Å². The minimum atomic E-state index is -0.379. The summed E-state index contributed by atoms with van der Waals surface area (Å²) in [6.07, 6.45) is 1.68. The van der Waals surface area contributed by atoms with Gasteiger partial charge in [-0.3, -0.25) is 10.1 Å². The molecule has 6 heteroatoms. The number of hydrogen-bond acceptors (Lipinski definition) is 5. The first-order chi connectivity index (χ1) is 7.27. The Morgan fingerprint density at radius 3 is 2.87 bits per heavy atom. The third kappa shape index (κ3) is 2.34. The zero-order valence-electron chi connectivity index (χ0n) is 7.49. The van der Waals surface area contributed by atoms with E-state index >= 15 is 0 Å². The van der Waals surface area contributed by atoms with E-state index < -0.39 is 0 Å². The van der Waals surface area contributed by atoms with Crippen LogP contribution >= 0.6 is 23.1 Å². The van der Waals surface area contributed by atoms with Gasteiger partial charge >= 0.3 is 0 Å². The van der Waals surface area contributed by atoms with Crippen molar-refractivity contribution in [2.24, 2.45) is 0 Å². The summed E-state index contributed by atoms with van der Waals surface area (Å²) in [5.41, 5.74) is 0.123. The Morgan fingerprint density at radius 1 is 1.40 bits per heavy atom. The summed E-state index contributed by atoms with van der Waals surface area (Å²) in [6.45, 7) is 0. The molecule has 0 spiro atoms. The van der Waals surface area contributed by atoms with Gasteiger partial charge in [-0.15, -0.1) is 11.3 Å². The molecule has 0 aliphatic rings. The summed E-state index contributed by atoms with van der Waals surface area (Å²) in [4.78, 5) is 15.0.